The first-order chi connectivity index (χ1) is 13.5. The van der Waals surface area contributed by atoms with Gasteiger partial charge >= 0.3 is 0 Å². The molecular weight excluding hydrogens is 370 g/mol. The second-order valence-corrected chi connectivity index (χ2v) is 6.10. The second kappa shape index (κ2) is 6.80. The maximum atomic E-state index is 14.1. The molecule has 1 aliphatic heterocycles. The summed E-state index contributed by atoms with van der Waals surface area (Å²) in [6.45, 7) is 0.478. The number of amides is 1. The topological polar surface area (TPSA) is 118 Å². The number of ether oxygens (including phenoxy) is 1. The van der Waals surface area contributed by atoms with Gasteiger partial charge in [0.1, 0.15) is 0 Å². The van der Waals surface area contributed by atoms with Gasteiger partial charge in [-0.3, -0.25) is 4.79 Å². The Bertz CT molecular complexity index is 1080. The molecule has 4 rings (SSSR count). The highest BCUT2D eigenvalue weighted by atomic mass is 19.2. The van der Waals surface area contributed by atoms with E-state index in [1.54, 1.807) is 6.07 Å². The number of nitrogens with two attached hydrogens (primary N) is 1. The summed E-state index contributed by atoms with van der Waals surface area (Å²) in [4.78, 5) is 23.7. The van der Waals surface area contributed by atoms with Gasteiger partial charge in [-0.1, -0.05) is 0 Å². The van der Waals surface area contributed by atoms with Crippen molar-refractivity contribution >= 4 is 23.2 Å². The normalized spacial score (nSPS) is 13.0. The van der Waals surface area contributed by atoms with Crippen molar-refractivity contribution in [1.82, 2.24) is 20.3 Å². The summed E-state index contributed by atoms with van der Waals surface area (Å²) >= 11 is 0. The lowest BCUT2D eigenvalue weighted by Gasteiger charge is -2.16. The van der Waals surface area contributed by atoms with E-state index >= 15 is 0 Å². The predicted octanol–water partition coefficient (Wildman–Crippen LogP) is 2.37. The van der Waals surface area contributed by atoms with Gasteiger partial charge in [-0.15, -0.1) is 0 Å². The molecule has 0 radical (unpaired) electrons. The van der Waals surface area contributed by atoms with Gasteiger partial charge in [-0.2, -0.15) is 4.39 Å². The lowest BCUT2D eigenvalue weighted by molar-refractivity contribution is 0.0947. The molecule has 3 heterocycles. The van der Waals surface area contributed by atoms with E-state index in [9.17, 15) is 13.6 Å². The average Bonchev–Trinajstić information content (AvgIpc) is 3.05. The summed E-state index contributed by atoms with van der Waals surface area (Å²) in [6, 6.07) is 3.93. The highest BCUT2D eigenvalue weighted by Gasteiger charge is 2.28. The van der Waals surface area contributed by atoms with Crippen molar-refractivity contribution in [2.45, 2.75) is 6.42 Å². The Kier molecular flexibility index (Phi) is 4.30. The van der Waals surface area contributed by atoms with Gasteiger partial charge in [0.05, 0.1) is 35.4 Å². The molecule has 5 N–H and O–H groups in total. The first-order valence-corrected chi connectivity index (χ1v) is 8.40. The SMILES string of the molecule is COc1c(Nc2c(-c3ccnc(N)n3)[nH]c3c2C(=O)NCC3)ccc(F)c1F. The molecule has 2 aromatic heterocycles. The number of nitrogen functional groups attached to an aromatic ring is 1. The van der Waals surface area contributed by atoms with E-state index in [1.807, 2.05) is 0 Å². The number of aromatic amines is 1. The fraction of sp³-hybridized carbons (Fsp3) is 0.167. The molecule has 0 saturated heterocycles. The van der Waals surface area contributed by atoms with Crippen LogP contribution in [0.2, 0.25) is 0 Å². The summed E-state index contributed by atoms with van der Waals surface area (Å²) in [5.74, 6) is -2.71. The monoisotopic (exact) mass is 386 g/mol. The van der Waals surface area contributed by atoms with E-state index < -0.39 is 11.6 Å². The minimum atomic E-state index is -1.13. The number of nitrogens with zero attached hydrogens (tertiary/aromatic N) is 2. The molecule has 0 spiro atoms. The summed E-state index contributed by atoms with van der Waals surface area (Å²) in [5.41, 5.74) is 8.18. The van der Waals surface area contributed by atoms with E-state index in [4.69, 9.17) is 10.5 Å². The van der Waals surface area contributed by atoms with Crippen LogP contribution in [0.3, 0.4) is 0 Å². The second-order valence-electron chi connectivity index (χ2n) is 6.10. The third kappa shape index (κ3) is 2.88. The zero-order chi connectivity index (χ0) is 19.8. The Balaban J connectivity index is 1.90. The molecule has 1 aliphatic rings. The summed E-state index contributed by atoms with van der Waals surface area (Å²) in [5, 5.41) is 5.76. The molecule has 1 aromatic carbocycles. The molecular formula is C18H16F2N6O2. The van der Waals surface area contributed by atoms with E-state index in [0.717, 1.165) is 6.07 Å². The van der Waals surface area contributed by atoms with Gasteiger partial charge < -0.3 is 26.1 Å². The van der Waals surface area contributed by atoms with Crippen LogP contribution in [0.15, 0.2) is 24.4 Å². The van der Waals surface area contributed by atoms with Crippen molar-refractivity contribution < 1.29 is 18.3 Å². The Morgan fingerprint density at radius 2 is 2.11 bits per heavy atom. The molecule has 1 amide bonds. The molecule has 0 bridgehead atoms. The number of fused-ring (bicyclic) bond motifs is 1. The van der Waals surface area contributed by atoms with Crippen LogP contribution in [0.25, 0.3) is 11.4 Å². The maximum Gasteiger partial charge on any atom is 0.255 e. The van der Waals surface area contributed by atoms with E-state index in [-0.39, 0.29) is 23.3 Å². The molecule has 0 aliphatic carbocycles. The van der Waals surface area contributed by atoms with Gasteiger partial charge in [0.2, 0.25) is 11.8 Å². The third-order valence-corrected chi connectivity index (χ3v) is 4.41. The Morgan fingerprint density at radius 1 is 1.29 bits per heavy atom. The number of rotatable bonds is 4. The number of anilines is 3. The fourth-order valence-electron chi connectivity index (χ4n) is 3.17. The predicted molar refractivity (Wildman–Crippen MR) is 98.5 cm³/mol. The number of nitrogens with one attached hydrogen (secondary N) is 3. The lowest BCUT2D eigenvalue weighted by Crippen LogP contribution is -2.31. The molecule has 10 heteroatoms. The van der Waals surface area contributed by atoms with E-state index in [2.05, 4.69) is 25.6 Å². The van der Waals surface area contributed by atoms with Crippen molar-refractivity contribution in [2.24, 2.45) is 0 Å². The van der Waals surface area contributed by atoms with Crippen molar-refractivity contribution in [3.63, 3.8) is 0 Å². The molecule has 0 atom stereocenters. The van der Waals surface area contributed by atoms with Crippen LogP contribution in [0.1, 0.15) is 16.1 Å². The Labute approximate surface area is 158 Å². The number of carbonyl (C=O) groups excluding carboxylic acids is 1. The number of aromatic nitrogens is 3. The first-order valence-electron chi connectivity index (χ1n) is 8.40. The highest BCUT2D eigenvalue weighted by molar-refractivity contribution is 6.06. The van der Waals surface area contributed by atoms with Crippen LogP contribution in [0, 0.1) is 11.6 Å². The molecule has 144 valence electrons. The number of hydrogen-bond donors (Lipinski definition) is 4. The Hall–Kier alpha value is -3.69. The number of carbonyl (C=O) groups is 1. The zero-order valence-corrected chi connectivity index (χ0v) is 14.8. The average molecular weight is 386 g/mol. The van der Waals surface area contributed by atoms with Crippen molar-refractivity contribution in [3.05, 3.63) is 47.3 Å². The van der Waals surface area contributed by atoms with E-state index in [0.29, 0.717) is 41.3 Å². The summed E-state index contributed by atoms with van der Waals surface area (Å²) in [6.07, 6.45) is 2.06. The Morgan fingerprint density at radius 3 is 2.86 bits per heavy atom. The quantitative estimate of drug-likeness (QED) is 0.547. The van der Waals surface area contributed by atoms with Crippen LogP contribution in [0.5, 0.6) is 5.75 Å². The molecule has 0 unspecified atom stereocenters. The largest absolute Gasteiger partial charge is 0.491 e. The minimum absolute atomic E-state index is 0.0610. The zero-order valence-electron chi connectivity index (χ0n) is 14.8. The molecule has 28 heavy (non-hydrogen) atoms. The molecule has 0 fully saturated rings. The fourth-order valence-corrected chi connectivity index (χ4v) is 3.17. The number of hydrogen-bond acceptors (Lipinski definition) is 6. The van der Waals surface area contributed by atoms with Gasteiger partial charge in [0, 0.05) is 24.9 Å². The lowest BCUT2D eigenvalue weighted by atomic mass is 10.1. The van der Waals surface area contributed by atoms with Crippen LogP contribution in [0.4, 0.5) is 26.1 Å². The van der Waals surface area contributed by atoms with E-state index in [1.165, 1.54) is 19.4 Å². The van der Waals surface area contributed by atoms with Crippen LogP contribution >= 0.6 is 0 Å². The smallest absolute Gasteiger partial charge is 0.255 e. The molecule has 0 saturated carbocycles. The van der Waals surface area contributed by atoms with Crippen LogP contribution < -0.4 is 21.1 Å². The van der Waals surface area contributed by atoms with Gasteiger partial charge in [-0.25, -0.2) is 14.4 Å². The summed E-state index contributed by atoms with van der Waals surface area (Å²) < 4.78 is 32.7. The van der Waals surface area contributed by atoms with Crippen molar-refractivity contribution in [3.8, 4) is 17.1 Å². The highest BCUT2D eigenvalue weighted by Crippen LogP contribution is 2.39. The number of halogens is 2. The first kappa shape index (κ1) is 17.7. The number of H-pyrrole nitrogens is 1. The van der Waals surface area contributed by atoms with Gasteiger partial charge in [0.15, 0.2) is 11.6 Å². The molecule has 8 nitrogen and oxygen atoms in total. The van der Waals surface area contributed by atoms with Crippen LogP contribution in [-0.4, -0.2) is 34.5 Å². The van der Waals surface area contributed by atoms with Crippen LogP contribution in [-0.2, 0) is 6.42 Å². The number of methoxy groups -OCH3 is 1. The van der Waals surface area contributed by atoms with Crippen molar-refractivity contribution in [2.75, 3.05) is 24.7 Å². The van der Waals surface area contributed by atoms with Crippen molar-refractivity contribution in [1.29, 1.82) is 0 Å². The molecule has 3 aromatic rings. The standard InChI is InChI=1S/C18H16F2N6O2/c1-28-16-11(3-2-8(19)13(16)20)25-15-12-9(4-6-22-17(12)27)24-14(15)10-5-7-23-18(21)26-10/h2-3,5,7,24-25H,4,6H2,1H3,(H,22,27)(H2,21,23,26). The van der Waals surface area contributed by atoms with Gasteiger partial charge in [0.25, 0.3) is 5.91 Å². The van der Waals surface area contributed by atoms with Gasteiger partial charge in [-0.05, 0) is 18.2 Å². The summed E-state index contributed by atoms with van der Waals surface area (Å²) in [7, 11) is 1.23. The maximum absolute atomic E-state index is 14.1. The number of benzene rings is 1. The third-order valence-electron chi connectivity index (χ3n) is 4.41. The minimum Gasteiger partial charge on any atom is -0.491 e.